The SMILES string of the molecule is O=C(NC[C@@H](c1cccc(Cl)c1)N1CCCC1)c1ncccc1O. The van der Waals surface area contributed by atoms with Crippen molar-refractivity contribution in [3.8, 4) is 5.75 Å². The molecular weight excluding hydrogens is 326 g/mol. The van der Waals surface area contributed by atoms with Crippen molar-refractivity contribution in [3.05, 3.63) is 58.9 Å². The Hall–Kier alpha value is -2.11. The van der Waals surface area contributed by atoms with Gasteiger partial charge in [0.2, 0.25) is 0 Å². The lowest BCUT2D eigenvalue weighted by atomic mass is 10.1. The number of halogens is 1. The molecule has 0 saturated carbocycles. The third-order valence-corrected chi connectivity index (χ3v) is 4.51. The predicted molar refractivity (Wildman–Crippen MR) is 93.2 cm³/mol. The Balaban J connectivity index is 1.75. The lowest BCUT2D eigenvalue weighted by Gasteiger charge is -2.28. The Morgan fingerprint density at radius 1 is 1.29 bits per heavy atom. The van der Waals surface area contributed by atoms with Gasteiger partial charge in [0.15, 0.2) is 5.69 Å². The number of nitrogens with zero attached hydrogens (tertiary/aromatic N) is 2. The van der Waals surface area contributed by atoms with E-state index in [2.05, 4.69) is 15.2 Å². The van der Waals surface area contributed by atoms with Crippen molar-refractivity contribution in [1.29, 1.82) is 0 Å². The van der Waals surface area contributed by atoms with Gasteiger partial charge in [-0.3, -0.25) is 9.69 Å². The number of hydrogen-bond acceptors (Lipinski definition) is 4. The Bertz CT molecular complexity index is 717. The van der Waals surface area contributed by atoms with Gasteiger partial charge in [-0.2, -0.15) is 0 Å². The van der Waals surface area contributed by atoms with Crippen LogP contribution < -0.4 is 5.32 Å². The average Bonchev–Trinajstić information content (AvgIpc) is 3.10. The summed E-state index contributed by atoms with van der Waals surface area (Å²) in [4.78, 5) is 18.6. The molecule has 5 nitrogen and oxygen atoms in total. The van der Waals surface area contributed by atoms with E-state index in [1.807, 2.05) is 24.3 Å². The number of hydrogen-bond donors (Lipinski definition) is 2. The molecule has 1 saturated heterocycles. The number of nitrogens with one attached hydrogen (secondary N) is 1. The van der Waals surface area contributed by atoms with E-state index in [1.165, 1.54) is 12.3 Å². The van der Waals surface area contributed by atoms with Crippen LogP contribution in [0.2, 0.25) is 5.02 Å². The highest BCUT2D eigenvalue weighted by Gasteiger charge is 2.24. The van der Waals surface area contributed by atoms with Gasteiger partial charge >= 0.3 is 0 Å². The van der Waals surface area contributed by atoms with Crippen LogP contribution in [0.3, 0.4) is 0 Å². The molecule has 3 rings (SSSR count). The third-order valence-electron chi connectivity index (χ3n) is 4.27. The normalized spacial score (nSPS) is 16.0. The average molecular weight is 346 g/mol. The van der Waals surface area contributed by atoms with Crippen LogP contribution in [0.5, 0.6) is 5.75 Å². The zero-order valence-corrected chi connectivity index (χ0v) is 14.0. The fourth-order valence-electron chi connectivity index (χ4n) is 3.07. The van der Waals surface area contributed by atoms with E-state index in [0.717, 1.165) is 31.5 Å². The maximum atomic E-state index is 12.3. The molecule has 0 spiro atoms. The number of pyridine rings is 1. The monoisotopic (exact) mass is 345 g/mol. The van der Waals surface area contributed by atoms with E-state index in [9.17, 15) is 9.90 Å². The summed E-state index contributed by atoms with van der Waals surface area (Å²) in [6, 6.07) is 10.8. The van der Waals surface area contributed by atoms with Gasteiger partial charge in [0.25, 0.3) is 5.91 Å². The first-order valence-corrected chi connectivity index (χ1v) is 8.44. The molecule has 2 N–H and O–H groups in total. The molecule has 1 fully saturated rings. The van der Waals surface area contributed by atoms with Gasteiger partial charge in [-0.05, 0) is 55.8 Å². The van der Waals surface area contributed by atoms with E-state index in [4.69, 9.17) is 11.6 Å². The summed E-state index contributed by atoms with van der Waals surface area (Å²) in [5, 5.41) is 13.3. The summed E-state index contributed by atoms with van der Waals surface area (Å²) in [5.41, 5.74) is 1.12. The van der Waals surface area contributed by atoms with Gasteiger partial charge in [0.05, 0.1) is 6.04 Å². The number of amides is 1. The standard InChI is InChI=1S/C18H20ClN3O2/c19-14-6-3-5-13(11-14)15(22-9-1-2-10-22)12-21-18(24)17-16(23)7-4-8-20-17/h3-8,11,15,23H,1-2,9-10,12H2,(H,21,24)/t15-/m0/s1. The fraction of sp³-hybridized carbons (Fsp3) is 0.333. The number of aromatic nitrogens is 1. The van der Waals surface area contributed by atoms with Crippen LogP contribution in [-0.2, 0) is 0 Å². The van der Waals surface area contributed by atoms with Crippen LogP contribution in [-0.4, -0.2) is 40.5 Å². The van der Waals surface area contributed by atoms with Crippen molar-refractivity contribution < 1.29 is 9.90 Å². The summed E-state index contributed by atoms with van der Waals surface area (Å²) in [6.07, 6.45) is 3.81. The highest BCUT2D eigenvalue weighted by atomic mass is 35.5. The summed E-state index contributed by atoms with van der Waals surface area (Å²) >= 11 is 6.13. The molecule has 2 aromatic rings. The van der Waals surface area contributed by atoms with E-state index in [1.54, 1.807) is 6.07 Å². The van der Waals surface area contributed by atoms with Gasteiger partial charge in [-0.15, -0.1) is 0 Å². The Kier molecular flexibility index (Phi) is 5.33. The molecule has 24 heavy (non-hydrogen) atoms. The molecule has 2 heterocycles. The number of likely N-dealkylation sites (tertiary alicyclic amines) is 1. The molecule has 1 aliphatic rings. The van der Waals surface area contributed by atoms with Crippen molar-refractivity contribution in [2.75, 3.05) is 19.6 Å². The molecular formula is C18H20ClN3O2. The number of aromatic hydroxyl groups is 1. The summed E-state index contributed by atoms with van der Waals surface area (Å²) in [5.74, 6) is -0.491. The minimum atomic E-state index is -0.376. The van der Waals surface area contributed by atoms with E-state index < -0.39 is 0 Å². The minimum Gasteiger partial charge on any atom is -0.505 e. The van der Waals surface area contributed by atoms with E-state index >= 15 is 0 Å². The van der Waals surface area contributed by atoms with Crippen LogP contribution >= 0.6 is 11.6 Å². The minimum absolute atomic E-state index is 0.0452. The molecule has 0 unspecified atom stereocenters. The number of benzene rings is 1. The van der Waals surface area contributed by atoms with Crippen molar-refractivity contribution in [2.45, 2.75) is 18.9 Å². The van der Waals surface area contributed by atoms with E-state index in [0.29, 0.717) is 11.6 Å². The summed E-state index contributed by atoms with van der Waals surface area (Å²) in [6.45, 7) is 2.44. The van der Waals surface area contributed by atoms with Crippen molar-refractivity contribution in [3.63, 3.8) is 0 Å². The molecule has 0 radical (unpaired) electrons. The topological polar surface area (TPSA) is 65.5 Å². The molecule has 1 atom stereocenters. The Morgan fingerprint density at radius 2 is 2.08 bits per heavy atom. The zero-order chi connectivity index (χ0) is 16.9. The molecule has 1 amide bonds. The van der Waals surface area contributed by atoms with Crippen LogP contribution in [0.25, 0.3) is 0 Å². The zero-order valence-electron chi connectivity index (χ0n) is 13.3. The smallest absolute Gasteiger partial charge is 0.273 e. The number of carbonyl (C=O) groups is 1. The second-order valence-corrected chi connectivity index (χ2v) is 6.33. The van der Waals surface area contributed by atoms with Crippen LogP contribution in [0.15, 0.2) is 42.6 Å². The Morgan fingerprint density at radius 3 is 2.79 bits per heavy atom. The van der Waals surface area contributed by atoms with Gasteiger partial charge in [0.1, 0.15) is 5.75 Å². The third kappa shape index (κ3) is 3.86. The maximum Gasteiger partial charge on any atom is 0.273 e. The quantitative estimate of drug-likeness (QED) is 0.874. The maximum absolute atomic E-state index is 12.3. The lowest BCUT2D eigenvalue weighted by Crippen LogP contribution is -2.37. The first kappa shape index (κ1) is 16.7. The first-order valence-electron chi connectivity index (χ1n) is 8.07. The molecule has 1 aromatic heterocycles. The number of rotatable bonds is 5. The first-order chi connectivity index (χ1) is 11.6. The summed E-state index contributed by atoms with van der Waals surface area (Å²) in [7, 11) is 0. The highest BCUT2D eigenvalue weighted by molar-refractivity contribution is 6.30. The molecule has 0 bridgehead atoms. The van der Waals surface area contributed by atoms with Gasteiger partial charge in [-0.25, -0.2) is 4.98 Å². The lowest BCUT2D eigenvalue weighted by molar-refractivity contribution is 0.0930. The van der Waals surface area contributed by atoms with Crippen molar-refractivity contribution in [2.24, 2.45) is 0 Å². The molecule has 0 aliphatic carbocycles. The van der Waals surface area contributed by atoms with Crippen LogP contribution in [0.1, 0.15) is 34.9 Å². The molecule has 6 heteroatoms. The number of carbonyl (C=O) groups excluding carboxylic acids is 1. The second-order valence-electron chi connectivity index (χ2n) is 5.90. The van der Waals surface area contributed by atoms with Gasteiger partial charge in [0, 0.05) is 17.8 Å². The highest BCUT2D eigenvalue weighted by Crippen LogP contribution is 2.26. The predicted octanol–water partition coefficient (Wildman–Crippen LogP) is 3.01. The van der Waals surface area contributed by atoms with Gasteiger partial charge in [-0.1, -0.05) is 23.7 Å². The second kappa shape index (κ2) is 7.64. The van der Waals surface area contributed by atoms with E-state index in [-0.39, 0.29) is 23.4 Å². The molecule has 1 aliphatic heterocycles. The molecule has 1 aromatic carbocycles. The fourth-order valence-corrected chi connectivity index (χ4v) is 3.27. The van der Waals surface area contributed by atoms with Crippen molar-refractivity contribution >= 4 is 17.5 Å². The van der Waals surface area contributed by atoms with Crippen LogP contribution in [0.4, 0.5) is 0 Å². The van der Waals surface area contributed by atoms with Gasteiger partial charge < -0.3 is 10.4 Å². The molecule has 126 valence electrons. The summed E-state index contributed by atoms with van der Waals surface area (Å²) < 4.78 is 0. The largest absolute Gasteiger partial charge is 0.505 e. The van der Waals surface area contributed by atoms with Crippen molar-refractivity contribution in [1.82, 2.24) is 15.2 Å². The Labute approximate surface area is 146 Å². The van der Waals surface area contributed by atoms with Crippen LogP contribution in [0, 0.1) is 0 Å².